The van der Waals surface area contributed by atoms with Crippen LogP contribution in [0.5, 0.6) is 0 Å². The highest BCUT2D eigenvalue weighted by molar-refractivity contribution is 5.47. The third-order valence-electron chi connectivity index (χ3n) is 2.64. The van der Waals surface area contributed by atoms with Crippen LogP contribution in [0.4, 0.5) is 5.69 Å². The average Bonchev–Trinajstić information content (AvgIpc) is 2.28. The van der Waals surface area contributed by atoms with E-state index >= 15 is 0 Å². The molecule has 0 saturated carbocycles. The van der Waals surface area contributed by atoms with Crippen molar-refractivity contribution in [3.63, 3.8) is 0 Å². The van der Waals surface area contributed by atoms with E-state index in [1.165, 1.54) is 0 Å². The molecule has 0 aliphatic heterocycles. The lowest BCUT2D eigenvalue weighted by Gasteiger charge is -2.28. The zero-order chi connectivity index (χ0) is 10.4. The molecule has 74 valence electrons. The van der Waals surface area contributed by atoms with Crippen molar-refractivity contribution in [3.8, 4) is 12.3 Å². The Morgan fingerprint density at radius 3 is 2.21 bits per heavy atom. The van der Waals surface area contributed by atoms with Gasteiger partial charge in [-0.25, -0.2) is 0 Å². The van der Waals surface area contributed by atoms with E-state index in [1.54, 1.807) is 0 Å². The highest BCUT2D eigenvalue weighted by Gasteiger charge is 2.22. The molecule has 0 radical (unpaired) electrons. The fraction of sp³-hybridized carbons (Fsp3) is 0.385. The second-order valence-electron chi connectivity index (χ2n) is 3.42. The number of rotatable bonds is 4. The molecule has 0 heterocycles. The first kappa shape index (κ1) is 10.7. The van der Waals surface area contributed by atoms with Gasteiger partial charge < -0.3 is 5.32 Å². The van der Waals surface area contributed by atoms with Crippen LogP contribution in [0.15, 0.2) is 30.3 Å². The first-order valence-corrected chi connectivity index (χ1v) is 5.07. The highest BCUT2D eigenvalue weighted by Crippen LogP contribution is 2.20. The molecular formula is C13H17N. The van der Waals surface area contributed by atoms with Crippen molar-refractivity contribution in [2.75, 3.05) is 5.32 Å². The molecule has 1 N–H and O–H groups in total. The van der Waals surface area contributed by atoms with Crippen LogP contribution in [0.25, 0.3) is 0 Å². The zero-order valence-corrected chi connectivity index (χ0v) is 8.88. The summed E-state index contributed by atoms with van der Waals surface area (Å²) in [7, 11) is 0. The van der Waals surface area contributed by atoms with Crippen LogP contribution in [0, 0.1) is 12.3 Å². The Labute approximate surface area is 86.5 Å². The quantitative estimate of drug-likeness (QED) is 0.713. The molecule has 0 spiro atoms. The van der Waals surface area contributed by atoms with Gasteiger partial charge in [0, 0.05) is 5.69 Å². The largest absolute Gasteiger partial charge is 0.369 e. The van der Waals surface area contributed by atoms with E-state index in [9.17, 15) is 0 Å². The van der Waals surface area contributed by atoms with Gasteiger partial charge in [0.05, 0.1) is 5.54 Å². The summed E-state index contributed by atoms with van der Waals surface area (Å²) in [6.45, 7) is 4.22. The summed E-state index contributed by atoms with van der Waals surface area (Å²) in [5.74, 6) is 2.85. The van der Waals surface area contributed by atoms with E-state index in [0.29, 0.717) is 0 Å². The van der Waals surface area contributed by atoms with Gasteiger partial charge >= 0.3 is 0 Å². The van der Waals surface area contributed by atoms with Crippen molar-refractivity contribution in [2.24, 2.45) is 0 Å². The Kier molecular flexibility index (Phi) is 3.59. The molecule has 0 aromatic heterocycles. The summed E-state index contributed by atoms with van der Waals surface area (Å²) in [5.41, 5.74) is 0.899. The number of hydrogen-bond donors (Lipinski definition) is 1. The van der Waals surface area contributed by atoms with Crippen molar-refractivity contribution in [2.45, 2.75) is 32.2 Å². The summed E-state index contributed by atoms with van der Waals surface area (Å²) >= 11 is 0. The molecule has 0 unspecified atom stereocenters. The highest BCUT2D eigenvalue weighted by atomic mass is 15.0. The van der Waals surface area contributed by atoms with Crippen LogP contribution >= 0.6 is 0 Å². The van der Waals surface area contributed by atoms with Gasteiger partial charge in [0.1, 0.15) is 0 Å². The molecule has 1 nitrogen and oxygen atoms in total. The first-order valence-electron chi connectivity index (χ1n) is 5.07. The van der Waals surface area contributed by atoms with E-state index in [0.717, 1.165) is 18.5 Å². The lowest BCUT2D eigenvalue weighted by Crippen LogP contribution is -2.34. The normalized spacial score (nSPS) is 10.6. The summed E-state index contributed by atoms with van der Waals surface area (Å²) in [4.78, 5) is 0. The molecule has 0 amide bonds. The predicted molar refractivity (Wildman–Crippen MR) is 62.2 cm³/mol. The molecule has 0 aliphatic carbocycles. The van der Waals surface area contributed by atoms with Crippen molar-refractivity contribution < 1.29 is 0 Å². The second-order valence-corrected chi connectivity index (χ2v) is 3.42. The van der Waals surface area contributed by atoms with E-state index in [2.05, 4.69) is 25.1 Å². The lowest BCUT2D eigenvalue weighted by molar-refractivity contribution is 0.556. The maximum atomic E-state index is 5.56. The maximum absolute atomic E-state index is 5.56. The second kappa shape index (κ2) is 4.72. The summed E-state index contributed by atoms with van der Waals surface area (Å²) < 4.78 is 0. The van der Waals surface area contributed by atoms with Crippen molar-refractivity contribution in [1.82, 2.24) is 0 Å². The number of benzene rings is 1. The Morgan fingerprint density at radius 2 is 1.79 bits per heavy atom. The SMILES string of the molecule is C#CC(CC)(CC)Nc1ccccc1. The van der Waals surface area contributed by atoms with E-state index in [4.69, 9.17) is 6.42 Å². The molecule has 0 bridgehead atoms. The van der Waals surface area contributed by atoms with Gasteiger partial charge in [0.15, 0.2) is 0 Å². The van der Waals surface area contributed by atoms with Gasteiger partial charge in [-0.1, -0.05) is 38.0 Å². The summed E-state index contributed by atoms with van der Waals surface area (Å²) in [5, 5.41) is 3.41. The number of nitrogens with one attached hydrogen (secondary N) is 1. The molecule has 14 heavy (non-hydrogen) atoms. The number of para-hydroxylation sites is 1. The molecule has 0 atom stereocenters. The van der Waals surface area contributed by atoms with E-state index in [-0.39, 0.29) is 5.54 Å². The summed E-state index contributed by atoms with van der Waals surface area (Å²) in [6, 6.07) is 10.1. The Balaban J connectivity index is 2.81. The molecule has 0 aliphatic rings. The predicted octanol–water partition coefficient (Wildman–Crippen LogP) is 3.29. The lowest BCUT2D eigenvalue weighted by atomic mass is 9.93. The van der Waals surface area contributed by atoms with Crippen LogP contribution in [0.3, 0.4) is 0 Å². The van der Waals surface area contributed by atoms with Gasteiger partial charge in [-0.2, -0.15) is 0 Å². The Bertz CT molecular complexity index is 304. The standard InChI is InChI=1S/C13H17N/c1-4-13(5-2,6-3)14-12-10-8-7-9-11-12/h1,7-11,14H,5-6H2,2-3H3. The van der Waals surface area contributed by atoms with Crippen molar-refractivity contribution in [1.29, 1.82) is 0 Å². The molecule has 1 aromatic carbocycles. The zero-order valence-electron chi connectivity index (χ0n) is 8.88. The Morgan fingerprint density at radius 1 is 1.21 bits per heavy atom. The molecule has 1 rings (SSSR count). The minimum Gasteiger partial charge on any atom is -0.369 e. The Hall–Kier alpha value is -1.42. The third-order valence-corrected chi connectivity index (χ3v) is 2.64. The van der Waals surface area contributed by atoms with E-state index in [1.807, 2.05) is 30.3 Å². The van der Waals surface area contributed by atoms with Gasteiger partial charge in [0.2, 0.25) is 0 Å². The molecule has 0 saturated heterocycles. The fourth-order valence-corrected chi connectivity index (χ4v) is 1.46. The number of hydrogen-bond acceptors (Lipinski definition) is 1. The minimum absolute atomic E-state index is 0.193. The van der Waals surface area contributed by atoms with Crippen molar-refractivity contribution >= 4 is 5.69 Å². The molecule has 0 fully saturated rings. The minimum atomic E-state index is -0.193. The molecular weight excluding hydrogens is 170 g/mol. The van der Waals surface area contributed by atoms with Gasteiger partial charge in [-0.05, 0) is 25.0 Å². The smallest absolute Gasteiger partial charge is 0.0979 e. The maximum Gasteiger partial charge on any atom is 0.0979 e. The number of anilines is 1. The van der Waals surface area contributed by atoms with Crippen LogP contribution in [0.1, 0.15) is 26.7 Å². The van der Waals surface area contributed by atoms with Crippen LogP contribution in [-0.2, 0) is 0 Å². The molecule has 1 heteroatoms. The fourth-order valence-electron chi connectivity index (χ4n) is 1.46. The topological polar surface area (TPSA) is 12.0 Å². The molecule has 1 aromatic rings. The van der Waals surface area contributed by atoms with Gasteiger partial charge in [-0.3, -0.25) is 0 Å². The first-order chi connectivity index (χ1) is 6.76. The van der Waals surface area contributed by atoms with Gasteiger partial charge in [0.25, 0.3) is 0 Å². The van der Waals surface area contributed by atoms with Gasteiger partial charge in [-0.15, -0.1) is 6.42 Å². The summed E-state index contributed by atoms with van der Waals surface area (Å²) in [6.07, 6.45) is 7.44. The van der Waals surface area contributed by atoms with E-state index < -0.39 is 0 Å². The average molecular weight is 187 g/mol. The van der Waals surface area contributed by atoms with Crippen LogP contribution in [0.2, 0.25) is 0 Å². The van der Waals surface area contributed by atoms with Crippen LogP contribution < -0.4 is 5.32 Å². The number of terminal acetylenes is 1. The van der Waals surface area contributed by atoms with Crippen LogP contribution in [-0.4, -0.2) is 5.54 Å². The third kappa shape index (κ3) is 2.29. The van der Waals surface area contributed by atoms with Crippen molar-refractivity contribution in [3.05, 3.63) is 30.3 Å². The monoisotopic (exact) mass is 187 g/mol.